The molecule has 0 radical (unpaired) electrons. The molecule has 0 aliphatic rings. The Morgan fingerprint density at radius 3 is 2.67 bits per heavy atom. The smallest absolute Gasteiger partial charge is 0.326 e. The van der Waals surface area contributed by atoms with Crippen molar-refractivity contribution >= 4 is 34.5 Å². The molecule has 0 spiro atoms. The molecule has 1 amide bonds. The molecule has 6 nitrogen and oxygen atoms in total. The van der Waals surface area contributed by atoms with Gasteiger partial charge in [-0.3, -0.25) is 9.59 Å². The molecule has 0 saturated carbocycles. The molecule has 0 bridgehead atoms. The summed E-state index contributed by atoms with van der Waals surface area (Å²) in [5, 5.41) is 3.25. The van der Waals surface area contributed by atoms with Gasteiger partial charge in [0.2, 0.25) is 0 Å². The molecular weight excluding hydrogens is 366 g/mol. The fourth-order valence-corrected chi connectivity index (χ4v) is 3.08. The Balaban J connectivity index is 1.73. The number of imidazole rings is 1. The van der Waals surface area contributed by atoms with E-state index in [-0.39, 0.29) is 18.4 Å². The average Bonchev–Trinajstić information content (AvgIpc) is 3.00. The third kappa shape index (κ3) is 4.46. The summed E-state index contributed by atoms with van der Waals surface area (Å²) >= 11 is 6.05. The molecule has 7 heteroatoms. The molecule has 0 aliphatic carbocycles. The normalized spacial score (nSPS) is 10.7. The molecule has 3 rings (SSSR count). The van der Waals surface area contributed by atoms with E-state index in [0.717, 1.165) is 11.0 Å². The van der Waals surface area contributed by atoms with Crippen LogP contribution >= 0.6 is 11.6 Å². The molecule has 1 aromatic heterocycles. The van der Waals surface area contributed by atoms with Crippen molar-refractivity contribution in [2.75, 3.05) is 13.2 Å². The van der Waals surface area contributed by atoms with E-state index >= 15 is 0 Å². The molecule has 27 heavy (non-hydrogen) atoms. The third-order valence-electron chi connectivity index (χ3n) is 4.08. The van der Waals surface area contributed by atoms with E-state index in [2.05, 4.69) is 10.3 Å². The van der Waals surface area contributed by atoms with Crippen molar-refractivity contribution in [2.45, 2.75) is 19.9 Å². The number of aromatic nitrogens is 2. The predicted octanol–water partition coefficient (Wildman–Crippen LogP) is 3.23. The summed E-state index contributed by atoms with van der Waals surface area (Å²) in [5.41, 5.74) is 2.09. The highest BCUT2D eigenvalue weighted by atomic mass is 35.5. The number of nitrogens with zero attached hydrogens (tertiary/aromatic N) is 2. The summed E-state index contributed by atoms with van der Waals surface area (Å²) in [6, 6.07) is 14.5. The molecular formula is C20H20ClN3O3. The van der Waals surface area contributed by atoms with Crippen molar-refractivity contribution in [1.29, 1.82) is 0 Å². The van der Waals surface area contributed by atoms with E-state index < -0.39 is 0 Å². The van der Waals surface area contributed by atoms with E-state index in [1.165, 1.54) is 0 Å². The number of rotatable bonds is 7. The van der Waals surface area contributed by atoms with Crippen LogP contribution in [0.5, 0.6) is 0 Å². The van der Waals surface area contributed by atoms with Crippen LogP contribution in [-0.2, 0) is 22.5 Å². The van der Waals surface area contributed by atoms with Gasteiger partial charge in [-0.15, -0.1) is 0 Å². The Morgan fingerprint density at radius 1 is 1.15 bits per heavy atom. The summed E-state index contributed by atoms with van der Waals surface area (Å²) in [6.07, 6.45) is 0.476. The fraction of sp³-hybridized carbons (Fsp3) is 0.250. The Bertz CT molecular complexity index is 968. The highest BCUT2D eigenvalue weighted by Gasteiger charge is 2.15. The van der Waals surface area contributed by atoms with Crippen LogP contribution in [0.3, 0.4) is 0 Å². The second-order valence-corrected chi connectivity index (χ2v) is 6.30. The third-order valence-corrected chi connectivity index (χ3v) is 4.41. The number of carbonyl (C=O) groups excluding carboxylic acids is 2. The van der Waals surface area contributed by atoms with Crippen molar-refractivity contribution in [3.63, 3.8) is 0 Å². The number of ether oxygens (including phenoxy) is 1. The second-order valence-electron chi connectivity index (χ2n) is 5.89. The minimum Gasteiger partial charge on any atom is -0.465 e. The average molecular weight is 386 g/mol. The van der Waals surface area contributed by atoms with Gasteiger partial charge in [-0.1, -0.05) is 35.9 Å². The van der Waals surface area contributed by atoms with Gasteiger partial charge in [0.1, 0.15) is 12.4 Å². The maximum absolute atomic E-state index is 12.3. The van der Waals surface area contributed by atoms with Crippen molar-refractivity contribution in [3.05, 3.63) is 64.9 Å². The zero-order chi connectivity index (χ0) is 19.2. The lowest BCUT2D eigenvalue weighted by Gasteiger charge is -2.10. The zero-order valence-corrected chi connectivity index (χ0v) is 15.7. The molecule has 0 saturated heterocycles. The van der Waals surface area contributed by atoms with E-state index in [0.29, 0.717) is 36.0 Å². The predicted molar refractivity (Wildman–Crippen MR) is 104 cm³/mol. The summed E-state index contributed by atoms with van der Waals surface area (Å²) in [5.74, 6) is 0.152. The lowest BCUT2D eigenvalue weighted by molar-refractivity contribution is -0.143. The summed E-state index contributed by atoms with van der Waals surface area (Å²) in [6.45, 7) is 2.56. The van der Waals surface area contributed by atoms with Gasteiger partial charge in [0.25, 0.3) is 5.91 Å². The second kappa shape index (κ2) is 8.68. The first-order chi connectivity index (χ1) is 13.1. The number of fused-ring (bicyclic) bond motifs is 1. The zero-order valence-electron chi connectivity index (χ0n) is 14.9. The van der Waals surface area contributed by atoms with E-state index in [1.54, 1.807) is 31.2 Å². The molecule has 1 N–H and O–H groups in total. The van der Waals surface area contributed by atoms with Crippen LogP contribution in [0.4, 0.5) is 0 Å². The Morgan fingerprint density at radius 2 is 1.89 bits per heavy atom. The van der Waals surface area contributed by atoms with Crippen LogP contribution in [-0.4, -0.2) is 34.6 Å². The maximum Gasteiger partial charge on any atom is 0.326 e. The van der Waals surface area contributed by atoms with Crippen molar-refractivity contribution in [3.8, 4) is 0 Å². The minimum atomic E-state index is -0.318. The number of hydrogen-bond donors (Lipinski definition) is 1. The van der Waals surface area contributed by atoms with Gasteiger partial charge in [0, 0.05) is 13.0 Å². The lowest BCUT2D eigenvalue weighted by atomic mass is 10.2. The number of esters is 1. The van der Waals surface area contributed by atoms with Gasteiger partial charge in [0.15, 0.2) is 0 Å². The topological polar surface area (TPSA) is 73.2 Å². The SMILES string of the molecule is CCOC(=O)Cn1c(CCNC(=O)c2ccccc2Cl)nc2ccccc21. The van der Waals surface area contributed by atoms with Crippen LogP contribution < -0.4 is 5.32 Å². The van der Waals surface area contributed by atoms with Gasteiger partial charge < -0.3 is 14.6 Å². The minimum absolute atomic E-state index is 0.0855. The highest BCUT2D eigenvalue weighted by molar-refractivity contribution is 6.33. The summed E-state index contributed by atoms with van der Waals surface area (Å²) < 4.78 is 6.89. The Hall–Kier alpha value is -2.86. The number of nitrogens with one attached hydrogen (secondary N) is 1. The first-order valence-corrected chi connectivity index (χ1v) is 9.10. The van der Waals surface area contributed by atoms with Crippen molar-refractivity contribution in [2.24, 2.45) is 0 Å². The number of amides is 1. The van der Waals surface area contributed by atoms with Gasteiger partial charge in [0.05, 0.1) is 28.2 Å². The molecule has 2 aromatic carbocycles. The fourth-order valence-electron chi connectivity index (χ4n) is 2.86. The lowest BCUT2D eigenvalue weighted by Crippen LogP contribution is -2.27. The van der Waals surface area contributed by atoms with Crippen LogP contribution in [0.15, 0.2) is 48.5 Å². The highest BCUT2D eigenvalue weighted by Crippen LogP contribution is 2.17. The van der Waals surface area contributed by atoms with E-state index in [4.69, 9.17) is 16.3 Å². The van der Waals surface area contributed by atoms with Crippen LogP contribution in [0.1, 0.15) is 23.1 Å². The first kappa shape index (κ1) is 18.9. The van der Waals surface area contributed by atoms with Crippen molar-refractivity contribution < 1.29 is 14.3 Å². The maximum atomic E-state index is 12.3. The largest absolute Gasteiger partial charge is 0.465 e. The van der Waals surface area contributed by atoms with Gasteiger partial charge in [-0.25, -0.2) is 4.98 Å². The standard InChI is InChI=1S/C20H20ClN3O3/c1-2-27-19(25)13-24-17-10-6-5-9-16(17)23-18(24)11-12-22-20(26)14-7-3-4-8-15(14)21/h3-10H,2,11-13H2,1H3,(H,22,26). The molecule has 0 aliphatic heterocycles. The molecule has 0 unspecified atom stereocenters. The van der Waals surface area contributed by atoms with Gasteiger partial charge >= 0.3 is 5.97 Å². The van der Waals surface area contributed by atoms with E-state index in [1.807, 2.05) is 28.8 Å². The quantitative estimate of drug-likeness (QED) is 0.634. The summed E-state index contributed by atoms with van der Waals surface area (Å²) in [4.78, 5) is 28.8. The molecule has 1 heterocycles. The van der Waals surface area contributed by atoms with Gasteiger partial charge in [-0.05, 0) is 31.2 Å². The molecule has 0 fully saturated rings. The molecule has 3 aromatic rings. The van der Waals surface area contributed by atoms with Crippen LogP contribution in [0.2, 0.25) is 5.02 Å². The first-order valence-electron chi connectivity index (χ1n) is 8.72. The number of para-hydroxylation sites is 2. The number of carbonyl (C=O) groups is 2. The summed E-state index contributed by atoms with van der Waals surface area (Å²) in [7, 11) is 0. The number of hydrogen-bond acceptors (Lipinski definition) is 4. The molecule has 0 atom stereocenters. The van der Waals surface area contributed by atoms with Crippen molar-refractivity contribution in [1.82, 2.24) is 14.9 Å². The number of halogens is 1. The van der Waals surface area contributed by atoms with Gasteiger partial charge in [-0.2, -0.15) is 0 Å². The van der Waals surface area contributed by atoms with E-state index in [9.17, 15) is 9.59 Å². The molecule has 140 valence electrons. The van der Waals surface area contributed by atoms with Crippen LogP contribution in [0.25, 0.3) is 11.0 Å². The monoisotopic (exact) mass is 385 g/mol. The Labute approximate surface area is 162 Å². The number of benzene rings is 2. The van der Waals surface area contributed by atoms with Crippen LogP contribution in [0, 0.1) is 0 Å². The Kier molecular flexibility index (Phi) is 6.08.